The van der Waals surface area contributed by atoms with Gasteiger partial charge in [-0.3, -0.25) is 0 Å². The van der Waals surface area contributed by atoms with Crippen molar-refractivity contribution in [1.29, 1.82) is 0 Å². The number of nitrogens with zero attached hydrogens (tertiary/aromatic N) is 3. The van der Waals surface area contributed by atoms with Crippen molar-refractivity contribution in [2.24, 2.45) is 0 Å². The zero-order valence-corrected chi connectivity index (χ0v) is 11.7. The first-order valence-corrected chi connectivity index (χ1v) is 7.07. The molecule has 1 aromatic heterocycles. The first kappa shape index (κ1) is 13.3. The average molecular weight is 272 g/mol. The van der Waals surface area contributed by atoms with Gasteiger partial charge in [0, 0.05) is 19.0 Å². The molecule has 5 nitrogen and oxygen atoms in total. The number of aromatic nitrogens is 2. The SMILES string of the molecule is CN1CCC(NCc2nc(Cc3ccccc3)no2)C1. The molecule has 1 fully saturated rings. The molecule has 0 bridgehead atoms. The summed E-state index contributed by atoms with van der Waals surface area (Å²) in [5.41, 5.74) is 1.20. The lowest BCUT2D eigenvalue weighted by atomic mass is 10.1. The lowest BCUT2D eigenvalue weighted by molar-refractivity contribution is 0.348. The molecule has 1 unspecified atom stereocenters. The fourth-order valence-electron chi connectivity index (χ4n) is 2.55. The molecule has 0 amide bonds. The van der Waals surface area contributed by atoms with Gasteiger partial charge in [-0.15, -0.1) is 0 Å². The number of hydrogen-bond donors (Lipinski definition) is 1. The van der Waals surface area contributed by atoms with Crippen LogP contribution in [0.4, 0.5) is 0 Å². The molecule has 1 atom stereocenters. The Morgan fingerprint density at radius 3 is 2.95 bits per heavy atom. The van der Waals surface area contributed by atoms with Crippen LogP contribution in [0.1, 0.15) is 23.7 Å². The molecular weight excluding hydrogens is 252 g/mol. The minimum Gasteiger partial charge on any atom is -0.338 e. The first-order valence-electron chi connectivity index (χ1n) is 7.07. The Labute approximate surface area is 119 Å². The summed E-state index contributed by atoms with van der Waals surface area (Å²) in [6, 6.07) is 10.7. The van der Waals surface area contributed by atoms with Crippen LogP contribution in [-0.2, 0) is 13.0 Å². The van der Waals surface area contributed by atoms with Gasteiger partial charge in [-0.1, -0.05) is 35.5 Å². The highest BCUT2D eigenvalue weighted by Gasteiger charge is 2.19. The molecule has 0 radical (unpaired) electrons. The molecule has 1 aliphatic heterocycles. The summed E-state index contributed by atoms with van der Waals surface area (Å²) in [7, 11) is 2.15. The highest BCUT2D eigenvalue weighted by atomic mass is 16.5. The normalized spacial score (nSPS) is 19.6. The minimum absolute atomic E-state index is 0.532. The molecule has 0 saturated carbocycles. The minimum atomic E-state index is 0.532. The van der Waals surface area contributed by atoms with E-state index in [4.69, 9.17) is 4.52 Å². The molecule has 20 heavy (non-hydrogen) atoms. The highest BCUT2D eigenvalue weighted by Crippen LogP contribution is 2.09. The molecule has 0 spiro atoms. The van der Waals surface area contributed by atoms with E-state index in [0.717, 1.165) is 25.3 Å². The van der Waals surface area contributed by atoms with Crippen LogP contribution < -0.4 is 5.32 Å². The van der Waals surface area contributed by atoms with Crippen molar-refractivity contribution < 1.29 is 4.52 Å². The molecule has 0 aliphatic carbocycles. The van der Waals surface area contributed by atoms with Crippen LogP contribution in [0.5, 0.6) is 0 Å². The van der Waals surface area contributed by atoms with Crippen LogP contribution in [0.3, 0.4) is 0 Å². The maximum Gasteiger partial charge on any atom is 0.240 e. The Kier molecular flexibility index (Phi) is 4.08. The number of benzene rings is 1. The monoisotopic (exact) mass is 272 g/mol. The Bertz CT molecular complexity index is 540. The molecule has 1 N–H and O–H groups in total. The number of likely N-dealkylation sites (tertiary alicyclic amines) is 1. The van der Waals surface area contributed by atoms with Crippen molar-refractivity contribution in [2.45, 2.75) is 25.4 Å². The lowest BCUT2D eigenvalue weighted by Gasteiger charge is -2.10. The Hall–Kier alpha value is -1.72. The average Bonchev–Trinajstić information content (AvgIpc) is 3.07. The summed E-state index contributed by atoms with van der Waals surface area (Å²) in [5.74, 6) is 1.42. The number of hydrogen-bond acceptors (Lipinski definition) is 5. The summed E-state index contributed by atoms with van der Waals surface area (Å²) in [5, 5.41) is 7.50. The standard InChI is InChI=1S/C15H20N4O/c1-19-8-7-13(11-19)16-10-15-17-14(18-20-15)9-12-5-3-2-4-6-12/h2-6,13,16H,7-11H2,1H3. The van der Waals surface area contributed by atoms with Crippen LogP contribution in [0.15, 0.2) is 34.9 Å². The second kappa shape index (κ2) is 6.15. The maximum atomic E-state index is 5.29. The van der Waals surface area contributed by atoms with Gasteiger partial charge >= 0.3 is 0 Å². The first-order chi connectivity index (χ1) is 9.79. The van der Waals surface area contributed by atoms with E-state index in [0.29, 0.717) is 18.5 Å². The van der Waals surface area contributed by atoms with Gasteiger partial charge in [-0.05, 0) is 25.6 Å². The summed E-state index contributed by atoms with van der Waals surface area (Å²) in [4.78, 5) is 6.76. The molecule has 2 heterocycles. The Morgan fingerprint density at radius 2 is 2.20 bits per heavy atom. The van der Waals surface area contributed by atoms with Crippen molar-refractivity contribution in [3.05, 3.63) is 47.6 Å². The lowest BCUT2D eigenvalue weighted by Crippen LogP contribution is -2.31. The summed E-state index contributed by atoms with van der Waals surface area (Å²) >= 11 is 0. The van der Waals surface area contributed by atoms with E-state index in [2.05, 4.69) is 39.5 Å². The van der Waals surface area contributed by atoms with Gasteiger partial charge in [0.1, 0.15) is 0 Å². The van der Waals surface area contributed by atoms with E-state index in [1.807, 2.05) is 18.2 Å². The van der Waals surface area contributed by atoms with Gasteiger partial charge in [0.05, 0.1) is 6.54 Å². The van der Waals surface area contributed by atoms with Gasteiger partial charge in [0.2, 0.25) is 5.89 Å². The van der Waals surface area contributed by atoms with Crippen molar-refractivity contribution in [3.63, 3.8) is 0 Å². The van der Waals surface area contributed by atoms with E-state index < -0.39 is 0 Å². The third-order valence-corrected chi connectivity index (χ3v) is 3.65. The van der Waals surface area contributed by atoms with Gasteiger partial charge in [-0.2, -0.15) is 4.98 Å². The van der Waals surface area contributed by atoms with Gasteiger partial charge in [-0.25, -0.2) is 0 Å². The quantitative estimate of drug-likeness (QED) is 0.893. The maximum absolute atomic E-state index is 5.29. The Balaban J connectivity index is 1.52. The molecule has 2 aromatic rings. The van der Waals surface area contributed by atoms with Crippen molar-refractivity contribution in [1.82, 2.24) is 20.4 Å². The van der Waals surface area contributed by atoms with Crippen LogP contribution in [0.25, 0.3) is 0 Å². The van der Waals surface area contributed by atoms with E-state index in [1.165, 1.54) is 12.0 Å². The third-order valence-electron chi connectivity index (χ3n) is 3.65. The summed E-state index contributed by atoms with van der Waals surface area (Å²) in [6.45, 7) is 2.89. The van der Waals surface area contributed by atoms with Crippen LogP contribution in [-0.4, -0.2) is 41.2 Å². The smallest absolute Gasteiger partial charge is 0.240 e. The topological polar surface area (TPSA) is 54.2 Å². The molecule has 3 rings (SSSR count). The second-order valence-electron chi connectivity index (χ2n) is 5.40. The molecule has 1 aromatic carbocycles. The number of nitrogens with one attached hydrogen (secondary N) is 1. The predicted molar refractivity (Wildman–Crippen MR) is 76.3 cm³/mol. The van der Waals surface area contributed by atoms with E-state index in [1.54, 1.807) is 0 Å². The molecule has 5 heteroatoms. The van der Waals surface area contributed by atoms with Gasteiger partial charge in [0.25, 0.3) is 0 Å². The van der Waals surface area contributed by atoms with E-state index >= 15 is 0 Å². The van der Waals surface area contributed by atoms with E-state index in [-0.39, 0.29) is 0 Å². The zero-order chi connectivity index (χ0) is 13.8. The third kappa shape index (κ3) is 3.43. The van der Waals surface area contributed by atoms with Crippen molar-refractivity contribution >= 4 is 0 Å². The molecule has 1 saturated heterocycles. The van der Waals surface area contributed by atoms with Crippen LogP contribution in [0, 0.1) is 0 Å². The van der Waals surface area contributed by atoms with Gasteiger partial charge in [0.15, 0.2) is 5.82 Å². The van der Waals surface area contributed by atoms with Gasteiger partial charge < -0.3 is 14.7 Å². The molecule has 106 valence electrons. The van der Waals surface area contributed by atoms with Crippen molar-refractivity contribution in [3.8, 4) is 0 Å². The molecule has 1 aliphatic rings. The number of rotatable bonds is 5. The number of likely N-dealkylation sites (N-methyl/N-ethyl adjacent to an activating group) is 1. The Morgan fingerprint density at radius 1 is 1.35 bits per heavy atom. The fraction of sp³-hybridized carbons (Fsp3) is 0.467. The fourth-order valence-corrected chi connectivity index (χ4v) is 2.55. The van der Waals surface area contributed by atoms with Crippen LogP contribution in [0.2, 0.25) is 0 Å². The highest BCUT2D eigenvalue weighted by molar-refractivity contribution is 5.18. The largest absolute Gasteiger partial charge is 0.338 e. The van der Waals surface area contributed by atoms with E-state index in [9.17, 15) is 0 Å². The predicted octanol–water partition coefficient (Wildman–Crippen LogP) is 1.45. The van der Waals surface area contributed by atoms with Crippen LogP contribution >= 0.6 is 0 Å². The van der Waals surface area contributed by atoms with Crippen molar-refractivity contribution in [2.75, 3.05) is 20.1 Å². The summed E-state index contributed by atoms with van der Waals surface area (Å²) in [6.07, 6.45) is 1.90. The summed E-state index contributed by atoms with van der Waals surface area (Å²) < 4.78 is 5.29. The molecular formula is C15H20N4O. The zero-order valence-electron chi connectivity index (χ0n) is 11.7. The second-order valence-corrected chi connectivity index (χ2v) is 5.40.